The minimum absolute atomic E-state index is 0.745. The first-order valence-electron chi connectivity index (χ1n) is 7.32. The molecule has 4 aromatic heterocycles. The van der Waals surface area contributed by atoms with E-state index in [4.69, 9.17) is 4.42 Å². The minimum Gasteiger partial charge on any atom is -0.456 e. The van der Waals surface area contributed by atoms with Gasteiger partial charge in [0, 0.05) is 23.0 Å². The zero-order valence-corrected chi connectivity index (χ0v) is 11.8. The molecular formula is C17H9N5O. The summed E-state index contributed by atoms with van der Waals surface area (Å²) in [7, 11) is 0. The number of hydrogen-bond donors (Lipinski definition) is 0. The molecular weight excluding hydrogens is 290 g/mol. The van der Waals surface area contributed by atoms with E-state index >= 15 is 0 Å². The summed E-state index contributed by atoms with van der Waals surface area (Å²) in [6.45, 7) is 0. The van der Waals surface area contributed by atoms with Crippen LogP contribution in [-0.4, -0.2) is 24.4 Å². The maximum absolute atomic E-state index is 6.01. The van der Waals surface area contributed by atoms with Crippen LogP contribution in [0.5, 0.6) is 0 Å². The highest BCUT2D eigenvalue weighted by molar-refractivity contribution is 6.09. The number of rotatable bonds is 0. The van der Waals surface area contributed by atoms with Gasteiger partial charge in [-0.15, -0.1) is 5.10 Å². The van der Waals surface area contributed by atoms with E-state index in [1.54, 1.807) is 4.52 Å². The zero-order chi connectivity index (χ0) is 15.0. The average Bonchev–Trinajstić information content (AvgIpc) is 3.30. The quantitative estimate of drug-likeness (QED) is 0.431. The zero-order valence-electron chi connectivity index (χ0n) is 11.8. The lowest BCUT2D eigenvalue weighted by Gasteiger charge is -2.05. The highest BCUT2D eigenvalue weighted by Gasteiger charge is 2.14. The van der Waals surface area contributed by atoms with Crippen LogP contribution in [0.4, 0.5) is 0 Å². The second-order valence-corrected chi connectivity index (χ2v) is 5.61. The van der Waals surface area contributed by atoms with E-state index < -0.39 is 0 Å². The summed E-state index contributed by atoms with van der Waals surface area (Å²) in [5.74, 6) is 0. The monoisotopic (exact) mass is 299 g/mol. The highest BCUT2D eigenvalue weighted by atomic mass is 16.3. The predicted molar refractivity (Wildman–Crippen MR) is 86.5 cm³/mol. The van der Waals surface area contributed by atoms with Crippen LogP contribution in [0.15, 0.2) is 59.1 Å². The first-order chi connectivity index (χ1) is 11.4. The number of tetrazole rings is 1. The van der Waals surface area contributed by atoms with Crippen LogP contribution in [-0.2, 0) is 0 Å². The third-order valence-corrected chi connectivity index (χ3v) is 4.41. The van der Waals surface area contributed by atoms with Gasteiger partial charge in [0.1, 0.15) is 11.2 Å². The molecule has 0 aliphatic heterocycles. The minimum atomic E-state index is 0.745. The van der Waals surface area contributed by atoms with E-state index in [-0.39, 0.29) is 0 Å². The maximum Gasteiger partial charge on any atom is 0.203 e. The maximum atomic E-state index is 6.01. The second-order valence-electron chi connectivity index (χ2n) is 5.61. The Kier molecular flexibility index (Phi) is 1.79. The number of aromatic nitrogens is 5. The van der Waals surface area contributed by atoms with Crippen LogP contribution < -0.4 is 0 Å². The lowest BCUT2D eigenvalue weighted by atomic mass is 10.1. The van der Waals surface area contributed by atoms with Crippen molar-refractivity contribution in [2.45, 2.75) is 0 Å². The van der Waals surface area contributed by atoms with Gasteiger partial charge in [-0.25, -0.2) is 0 Å². The summed E-state index contributed by atoms with van der Waals surface area (Å²) in [6, 6.07) is 16.2. The molecule has 108 valence electrons. The molecule has 0 N–H and O–H groups in total. The predicted octanol–water partition coefficient (Wildman–Crippen LogP) is 3.43. The molecule has 0 unspecified atom stereocenters. The fourth-order valence-electron chi connectivity index (χ4n) is 3.39. The summed E-state index contributed by atoms with van der Waals surface area (Å²) in [5.41, 5.74) is 5.42. The third-order valence-electron chi connectivity index (χ3n) is 4.41. The van der Waals surface area contributed by atoms with Crippen molar-refractivity contribution in [3.8, 4) is 0 Å². The van der Waals surface area contributed by atoms with Gasteiger partial charge in [-0.2, -0.15) is 4.52 Å². The fourth-order valence-corrected chi connectivity index (χ4v) is 3.39. The smallest absolute Gasteiger partial charge is 0.203 e. The molecule has 6 nitrogen and oxygen atoms in total. The van der Waals surface area contributed by atoms with Crippen LogP contribution >= 0.6 is 0 Å². The molecule has 0 aliphatic rings. The van der Waals surface area contributed by atoms with Crippen molar-refractivity contribution in [1.82, 2.24) is 24.4 Å². The molecule has 0 radical (unpaired) electrons. The largest absolute Gasteiger partial charge is 0.456 e. The van der Waals surface area contributed by atoms with Gasteiger partial charge in [0.15, 0.2) is 0 Å². The van der Waals surface area contributed by atoms with E-state index in [0.717, 1.165) is 44.1 Å². The van der Waals surface area contributed by atoms with E-state index in [1.807, 2.05) is 36.5 Å². The standard InChI is InChI=1S/C17H9N5O/c1-2-6-15-10(4-1)11-8-14-13(9-16(11)23-15)21-7-3-5-12(21)17-18-19-20-22(14)17/h1-9H. The Morgan fingerprint density at radius 2 is 1.78 bits per heavy atom. The van der Waals surface area contributed by atoms with Crippen molar-refractivity contribution in [3.05, 3.63) is 54.7 Å². The number of furan rings is 1. The Morgan fingerprint density at radius 3 is 2.78 bits per heavy atom. The topological polar surface area (TPSA) is 60.6 Å². The molecule has 0 aliphatic carbocycles. The van der Waals surface area contributed by atoms with Crippen LogP contribution in [0.3, 0.4) is 0 Å². The summed E-state index contributed by atoms with van der Waals surface area (Å²) < 4.78 is 9.88. The molecule has 0 saturated carbocycles. The van der Waals surface area contributed by atoms with Crippen molar-refractivity contribution < 1.29 is 4.42 Å². The Labute approximate surface area is 128 Å². The number of nitrogens with zero attached hydrogens (tertiary/aromatic N) is 5. The van der Waals surface area contributed by atoms with Gasteiger partial charge in [-0.1, -0.05) is 18.2 Å². The van der Waals surface area contributed by atoms with Crippen LogP contribution in [0, 0.1) is 0 Å². The summed E-state index contributed by atoms with van der Waals surface area (Å²) in [6.07, 6.45) is 2.01. The van der Waals surface area contributed by atoms with Gasteiger partial charge in [0.05, 0.1) is 16.6 Å². The lowest BCUT2D eigenvalue weighted by molar-refractivity contribution is 0.669. The number of benzene rings is 2. The van der Waals surface area contributed by atoms with Gasteiger partial charge in [0.2, 0.25) is 5.65 Å². The molecule has 0 amide bonds. The van der Waals surface area contributed by atoms with Crippen LogP contribution in [0.25, 0.3) is 44.1 Å². The SMILES string of the molecule is c1ccc2c(c1)oc1cc3c(cc12)n1nnnc1c1cccn31. The Balaban J connectivity index is 1.98. The van der Waals surface area contributed by atoms with Gasteiger partial charge in [0.25, 0.3) is 0 Å². The molecule has 0 spiro atoms. The van der Waals surface area contributed by atoms with Gasteiger partial charge >= 0.3 is 0 Å². The molecule has 23 heavy (non-hydrogen) atoms. The molecule has 0 atom stereocenters. The Hall–Kier alpha value is -3.41. The van der Waals surface area contributed by atoms with E-state index in [2.05, 4.69) is 38.1 Å². The summed E-state index contributed by atoms with van der Waals surface area (Å²) in [4.78, 5) is 0. The normalized spacial score (nSPS) is 12.3. The van der Waals surface area contributed by atoms with Crippen LogP contribution in [0.1, 0.15) is 0 Å². The van der Waals surface area contributed by atoms with Crippen LogP contribution in [0.2, 0.25) is 0 Å². The van der Waals surface area contributed by atoms with Crippen molar-refractivity contribution in [2.24, 2.45) is 0 Å². The van der Waals surface area contributed by atoms with E-state index in [0.29, 0.717) is 0 Å². The van der Waals surface area contributed by atoms with Gasteiger partial charge in [-0.05, 0) is 34.7 Å². The molecule has 0 saturated heterocycles. The lowest BCUT2D eigenvalue weighted by Crippen LogP contribution is -1.97. The molecule has 6 heteroatoms. The second kappa shape index (κ2) is 3.67. The Bertz CT molecular complexity index is 1370. The number of hydrogen-bond acceptors (Lipinski definition) is 4. The number of fused-ring (bicyclic) bond motifs is 9. The molecule has 4 heterocycles. The van der Waals surface area contributed by atoms with Gasteiger partial charge in [-0.3, -0.25) is 0 Å². The Morgan fingerprint density at radius 1 is 0.826 bits per heavy atom. The van der Waals surface area contributed by atoms with Crippen molar-refractivity contribution in [1.29, 1.82) is 0 Å². The number of para-hydroxylation sites is 1. The molecule has 6 rings (SSSR count). The molecule has 2 aromatic carbocycles. The van der Waals surface area contributed by atoms with Crippen molar-refractivity contribution in [3.63, 3.8) is 0 Å². The van der Waals surface area contributed by atoms with E-state index in [1.165, 1.54) is 0 Å². The highest BCUT2D eigenvalue weighted by Crippen LogP contribution is 2.32. The first-order valence-corrected chi connectivity index (χ1v) is 7.32. The summed E-state index contributed by atoms with van der Waals surface area (Å²) >= 11 is 0. The summed E-state index contributed by atoms with van der Waals surface area (Å²) in [5, 5.41) is 14.3. The van der Waals surface area contributed by atoms with Gasteiger partial charge < -0.3 is 8.82 Å². The fraction of sp³-hybridized carbons (Fsp3) is 0. The molecule has 0 fully saturated rings. The van der Waals surface area contributed by atoms with Crippen molar-refractivity contribution >= 4 is 44.1 Å². The molecule has 0 bridgehead atoms. The molecule has 6 aromatic rings. The van der Waals surface area contributed by atoms with E-state index in [9.17, 15) is 0 Å². The average molecular weight is 299 g/mol. The third kappa shape index (κ3) is 1.27. The van der Waals surface area contributed by atoms with Crippen molar-refractivity contribution in [2.75, 3.05) is 0 Å². The first kappa shape index (κ1) is 11.2.